The van der Waals surface area contributed by atoms with Gasteiger partial charge in [0.05, 0.1) is 24.2 Å². The minimum Gasteiger partial charge on any atom is -0.481 e. The van der Waals surface area contributed by atoms with E-state index in [-0.39, 0.29) is 37.3 Å². The second-order valence-corrected chi connectivity index (χ2v) is 7.29. The molecule has 1 unspecified atom stereocenters. The van der Waals surface area contributed by atoms with Gasteiger partial charge in [-0.05, 0) is 25.1 Å². The molecule has 190 valence electrons. The smallest absolute Gasteiger partial charge is 0.481 e. The van der Waals surface area contributed by atoms with Crippen molar-refractivity contribution in [2.75, 3.05) is 31.6 Å². The van der Waals surface area contributed by atoms with E-state index < -0.39 is 24.0 Å². The highest BCUT2D eigenvalue weighted by atomic mass is 19.4. The van der Waals surface area contributed by atoms with Crippen molar-refractivity contribution in [1.82, 2.24) is 4.90 Å². The van der Waals surface area contributed by atoms with Gasteiger partial charge in [0.15, 0.2) is 5.96 Å². The lowest BCUT2D eigenvalue weighted by atomic mass is 10.1. The summed E-state index contributed by atoms with van der Waals surface area (Å²) in [6, 6.07) is 5.00. The lowest BCUT2D eigenvalue weighted by Crippen LogP contribution is -2.38. The number of hydrogen-bond acceptors (Lipinski definition) is 5. The molecule has 2 rings (SSSR count). The number of likely N-dealkylation sites (N-methyl/N-ethyl adjacent to an activating group) is 1. The molecule has 1 aliphatic rings. The standard InChI is InChI=1S/C19H23N5O4.C2HF3O2/c1-12(10-22-19(20)21)3-4-13-5-6-15-14(9-13)18(28)24(8-7-17(26)27)11-16(25)23(15)2;3-2(4,5)1(6)7/h5-6,9,12H,7-8,10-11H2,1-2H3,(H,26,27)(H4,20,21,22);(H,6,7). The second kappa shape index (κ2) is 12.3. The molecule has 6 N–H and O–H groups in total. The summed E-state index contributed by atoms with van der Waals surface area (Å²) in [6.07, 6.45) is -5.32. The van der Waals surface area contributed by atoms with Crippen molar-refractivity contribution in [3.8, 4) is 11.8 Å². The minimum atomic E-state index is -5.08. The number of guanidine groups is 1. The monoisotopic (exact) mass is 499 g/mol. The fourth-order valence-electron chi connectivity index (χ4n) is 2.63. The molecule has 0 aliphatic carbocycles. The first-order chi connectivity index (χ1) is 16.1. The fraction of sp³-hybridized carbons (Fsp3) is 0.381. The molecule has 2 amide bonds. The largest absolute Gasteiger partial charge is 0.490 e. The maximum atomic E-state index is 12.9. The van der Waals surface area contributed by atoms with Crippen LogP contribution < -0.4 is 16.4 Å². The fourth-order valence-corrected chi connectivity index (χ4v) is 2.63. The van der Waals surface area contributed by atoms with E-state index in [0.29, 0.717) is 23.4 Å². The van der Waals surface area contributed by atoms with Gasteiger partial charge in [-0.15, -0.1) is 0 Å². The van der Waals surface area contributed by atoms with Gasteiger partial charge in [-0.1, -0.05) is 11.8 Å². The van der Waals surface area contributed by atoms with Crippen LogP contribution in [0.25, 0.3) is 0 Å². The predicted molar refractivity (Wildman–Crippen MR) is 118 cm³/mol. The average molecular weight is 499 g/mol. The third kappa shape index (κ3) is 9.24. The molecule has 1 aromatic rings. The Morgan fingerprint density at radius 2 is 1.83 bits per heavy atom. The number of hydrogen-bond donors (Lipinski definition) is 4. The molecule has 1 aliphatic heterocycles. The number of nitrogens with two attached hydrogens (primary N) is 2. The molecule has 0 radical (unpaired) electrons. The van der Waals surface area contributed by atoms with Crippen molar-refractivity contribution in [1.29, 1.82) is 0 Å². The Kier molecular flexibility index (Phi) is 10.1. The molecule has 11 nitrogen and oxygen atoms in total. The molecule has 1 atom stereocenters. The maximum absolute atomic E-state index is 12.9. The number of halogens is 3. The zero-order valence-electron chi connectivity index (χ0n) is 18.8. The molecule has 0 bridgehead atoms. The molecule has 0 fully saturated rings. The Hall–Kier alpha value is -4.28. The molecule has 0 saturated carbocycles. The number of aliphatic imine (C=N–C) groups is 1. The number of carbonyl (C=O) groups is 4. The van der Waals surface area contributed by atoms with Gasteiger partial charge in [-0.25, -0.2) is 4.79 Å². The number of benzene rings is 1. The molecular formula is C21H24F3N5O6. The lowest BCUT2D eigenvalue weighted by molar-refractivity contribution is -0.192. The molecule has 0 saturated heterocycles. The number of carbonyl (C=O) groups excluding carboxylic acids is 2. The first-order valence-electron chi connectivity index (χ1n) is 9.92. The number of nitrogens with zero attached hydrogens (tertiary/aromatic N) is 3. The van der Waals surface area contributed by atoms with E-state index in [9.17, 15) is 27.6 Å². The van der Waals surface area contributed by atoms with Crippen LogP contribution in [-0.4, -0.2) is 77.7 Å². The Morgan fingerprint density at radius 1 is 1.23 bits per heavy atom. The van der Waals surface area contributed by atoms with Gasteiger partial charge in [-0.2, -0.15) is 13.2 Å². The summed E-state index contributed by atoms with van der Waals surface area (Å²) in [5.74, 6) is 1.42. The summed E-state index contributed by atoms with van der Waals surface area (Å²) in [6.45, 7) is 2.01. The molecular weight excluding hydrogens is 475 g/mol. The van der Waals surface area contributed by atoms with Crippen LogP contribution in [0, 0.1) is 17.8 Å². The van der Waals surface area contributed by atoms with Crippen molar-refractivity contribution in [3.05, 3.63) is 29.3 Å². The van der Waals surface area contributed by atoms with E-state index in [1.54, 1.807) is 25.2 Å². The zero-order chi connectivity index (χ0) is 26.9. The summed E-state index contributed by atoms with van der Waals surface area (Å²) in [4.78, 5) is 51.5. The first-order valence-corrected chi connectivity index (χ1v) is 9.92. The first kappa shape index (κ1) is 28.8. The third-order valence-corrected chi connectivity index (χ3v) is 4.42. The number of anilines is 1. The van der Waals surface area contributed by atoms with Crippen molar-refractivity contribution in [2.45, 2.75) is 19.5 Å². The van der Waals surface area contributed by atoms with Crippen molar-refractivity contribution < 1.29 is 42.6 Å². The second-order valence-electron chi connectivity index (χ2n) is 7.29. The number of carboxylic acid groups (broad SMARTS) is 2. The van der Waals surface area contributed by atoms with Crippen LogP contribution in [0.3, 0.4) is 0 Å². The minimum absolute atomic E-state index is 0.00145. The highest BCUT2D eigenvalue weighted by Gasteiger charge is 2.38. The Labute approximate surface area is 198 Å². The number of rotatable bonds is 5. The summed E-state index contributed by atoms with van der Waals surface area (Å²) in [5, 5.41) is 16.0. The van der Waals surface area contributed by atoms with E-state index in [2.05, 4.69) is 16.8 Å². The van der Waals surface area contributed by atoms with Gasteiger partial charge in [0.1, 0.15) is 6.54 Å². The van der Waals surface area contributed by atoms with E-state index in [0.717, 1.165) is 0 Å². The molecule has 0 aromatic heterocycles. The van der Waals surface area contributed by atoms with Gasteiger partial charge in [0.25, 0.3) is 5.91 Å². The van der Waals surface area contributed by atoms with Crippen LogP contribution >= 0.6 is 0 Å². The summed E-state index contributed by atoms with van der Waals surface area (Å²) in [7, 11) is 1.58. The third-order valence-electron chi connectivity index (χ3n) is 4.42. The normalized spacial score (nSPS) is 13.9. The van der Waals surface area contributed by atoms with Gasteiger partial charge < -0.3 is 31.5 Å². The van der Waals surface area contributed by atoms with Crippen LogP contribution in [0.15, 0.2) is 23.2 Å². The summed E-state index contributed by atoms with van der Waals surface area (Å²) in [5.41, 5.74) is 12.0. The molecule has 0 spiro atoms. The van der Waals surface area contributed by atoms with Crippen molar-refractivity contribution >= 4 is 35.4 Å². The quantitative estimate of drug-likeness (QED) is 0.256. The lowest BCUT2D eigenvalue weighted by Gasteiger charge is -2.18. The molecule has 1 aromatic carbocycles. The highest BCUT2D eigenvalue weighted by molar-refractivity contribution is 6.09. The van der Waals surface area contributed by atoms with Gasteiger partial charge >= 0.3 is 18.1 Å². The summed E-state index contributed by atoms with van der Waals surface area (Å²) < 4.78 is 31.7. The predicted octanol–water partition coefficient (Wildman–Crippen LogP) is 0.474. The topological polar surface area (TPSA) is 180 Å². The van der Waals surface area contributed by atoms with Crippen LogP contribution in [0.4, 0.5) is 18.9 Å². The van der Waals surface area contributed by atoms with Crippen molar-refractivity contribution in [3.63, 3.8) is 0 Å². The van der Waals surface area contributed by atoms with Crippen LogP contribution in [0.1, 0.15) is 29.3 Å². The van der Waals surface area contributed by atoms with E-state index >= 15 is 0 Å². The summed E-state index contributed by atoms with van der Waals surface area (Å²) >= 11 is 0. The van der Waals surface area contributed by atoms with Gasteiger partial charge in [-0.3, -0.25) is 19.4 Å². The van der Waals surface area contributed by atoms with Gasteiger partial charge in [0.2, 0.25) is 5.91 Å². The Morgan fingerprint density at radius 3 is 2.34 bits per heavy atom. The molecule has 14 heteroatoms. The van der Waals surface area contributed by atoms with Crippen LogP contribution in [0.2, 0.25) is 0 Å². The number of fused-ring (bicyclic) bond motifs is 1. The average Bonchev–Trinajstić information content (AvgIpc) is 2.85. The number of amides is 2. The maximum Gasteiger partial charge on any atom is 0.490 e. The van der Waals surface area contributed by atoms with Crippen LogP contribution in [0.5, 0.6) is 0 Å². The van der Waals surface area contributed by atoms with E-state index in [1.165, 1.54) is 9.80 Å². The van der Waals surface area contributed by atoms with E-state index in [4.69, 9.17) is 26.5 Å². The number of aliphatic carboxylic acids is 2. The zero-order valence-corrected chi connectivity index (χ0v) is 18.8. The van der Waals surface area contributed by atoms with E-state index in [1.807, 2.05) is 6.92 Å². The Balaban J connectivity index is 0.000000762. The van der Waals surface area contributed by atoms with Crippen molar-refractivity contribution in [2.24, 2.45) is 22.4 Å². The van der Waals surface area contributed by atoms with Crippen LogP contribution in [-0.2, 0) is 14.4 Å². The number of carboxylic acids is 2. The highest BCUT2D eigenvalue weighted by Crippen LogP contribution is 2.26. The van der Waals surface area contributed by atoms with Gasteiger partial charge in [0, 0.05) is 25.1 Å². The number of alkyl halides is 3. The molecule has 1 heterocycles. The Bertz CT molecular complexity index is 1070. The molecule has 35 heavy (non-hydrogen) atoms. The SMILES string of the molecule is CC(C#Cc1ccc2c(c1)C(=O)N(CCC(=O)O)CC(=O)N2C)CN=C(N)N.O=C(O)C(F)(F)F.